The van der Waals surface area contributed by atoms with Crippen molar-refractivity contribution in [2.24, 2.45) is 0 Å². The summed E-state index contributed by atoms with van der Waals surface area (Å²) in [7, 11) is 3.76. The van der Waals surface area contributed by atoms with Crippen LogP contribution in [0.5, 0.6) is 0 Å². The van der Waals surface area contributed by atoms with Gasteiger partial charge in [0.15, 0.2) is 0 Å². The Morgan fingerprint density at radius 1 is 1.07 bits per heavy atom. The molecule has 0 heterocycles. The predicted molar refractivity (Wildman–Crippen MR) is 102 cm³/mol. The van der Waals surface area contributed by atoms with Crippen LogP contribution in [0.25, 0.3) is 0 Å². The number of amides is 2. The van der Waals surface area contributed by atoms with Crippen LogP contribution in [-0.4, -0.2) is 42.3 Å². The van der Waals surface area contributed by atoms with E-state index in [1.54, 1.807) is 6.07 Å². The Morgan fingerprint density at radius 2 is 1.70 bits per heavy atom. The van der Waals surface area contributed by atoms with Crippen molar-refractivity contribution >= 4 is 23.2 Å². The fourth-order valence-corrected chi connectivity index (χ4v) is 2.57. The van der Waals surface area contributed by atoms with Crippen molar-refractivity contribution in [2.45, 2.75) is 13.0 Å². The number of hydrogen-bond acceptors (Lipinski definition) is 5. The summed E-state index contributed by atoms with van der Waals surface area (Å²) in [5.74, 6) is -1.81. The van der Waals surface area contributed by atoms with Gasteiger partial charge in [0, 0.05) is 12.6 Å². The second-order valence-corrected chi connectivity index (χ2v) is 6.33. The molecular weight excluding hydrogens is 348 g/mol. The van der Waals surface area contributed by atoms with Gasteiger partial charge in [-0.15, -0.1) is 0 Å². The topological polar surface area (TPSA) is 105 Å². The number of likely N-dealkylation sites (N-methyl/N-ethyl adjacent to an activating group) is 1. The predicted octanol–water partition coefficient (Wildman–Crippen LogP) is 2.26. The summed E-state index contributed by atoms with van der Waals surface area (Å²) in [6.45, 7) is 2.21. The van der Waals surface area contributed by atoms with E-state index in [9.17, 15) is 19.7 Å². The number of nitro groups is 1. The molecule has 2 rings (SSSR count). The van der Waals surface area contributed by atoms with E-state index in [0.29, 0.717) is 0 Å². The highest BCUT2D eigenvalue weighted by Crippen LogP contribution is 2.23. The van der Waals surface area contributed by atoms with Gasteiger partial charge in [-0.05, 0) is 32.6 Å². The number of anilines is 1. The lowest BCUT2D eigenvalue weighted by atomic mass is 10.0. The van der Waals surface area contributed by atoms with E-state index >= 15 is 0 Å². The van der Waals surface area contributed by atoms with Crippen molar-refractivity contribution in [3.8, 4) is 0 Å². The molecule has 2 amide bonds. The molecule has 2 aromatic carbocycles. The molecule has 0 fully saturated rings. The maximum absolute atomic E-state index is 12.1. The Balaban J connectivity index is 2.02. The third-order valence-corrected chi connectivity index (χ3v) is 4.10. The van der Waals surface area contributed by atoms with E-state index in [2.05, 4.69) is 10.6 Å². The third-order valence-electron chi connectivity index (χ3n) is 4.10. The summed E-state index contributed by atoms with van der Waals surface area (Å²) in [6, 6.07) is 13.4. The van der Waals surface area contributed by atoms with Crippen LogP contribution in [0, 0.1) is 17.0 Å². The molecule has 27 heavy (non-hydrogen) atoms. The van der Waals surface area contributed by atoms with Crippen molar-refractivity contribution in [3.63, 3.8) is 0 Å². The first-order valence-electron chi connectivity index (χ1n) is 8.35. The quantitative estimate of drug-likeness (QED) is 0.461. The number of nitrogens with zero attached hydrogens (tertiary/aromatic N) is 2. The van der Waals surface area contributed by atoms with Crippen LogP contribution < -0.4 is 10.6 Å². The number of carbonyl (C=O) groups excluding carboxylic acids is 2. The first-order valence-corrected chi connectivity index (χ1v) is 8.35. The molecule has 8 heteroatoms. The van der Waals surface area contributed by atoms with Crippen LogP contribution in [-0.2, 0) is 9.59 Å². The van der Waals surface area contributed by atoms with Crippen LogP contribution in [0.15, 0.2) is 48.5 Å². The molecule has 0 aliphatic heterocycles. The van der Waals surface area contributed by atoms with E-state index in [1.165, 1.54) is 18.2 Å². The first kappa shape index (κ1) is 20.1. The number of hydrogen-bond donors (Lipinski definition) is 2. The van der Waals surface area contributed by atoms with Crippen LogP contribution >= 0.6 is 0 Å². The van der Waals surface area contributed by atoms with Crippen LogP contribution in [0.4, 0.5) is 11.4 Å². The maximum atomic E-state index is 12.1. The van der Waals surface area contributed by atoms with Gasteiger partial charge in [0.05, 0.1) is 11.0 Å². The van der Waals surface area contributed by atoms with Crippen molar-refractivity contribution in [3.05, 3.63) is 69.8 Å². The minimum Gasteiger partial charge on any atom is -0.346 e. The fourth-order valence-electron chi connectivity index (χ4n) is 2.57. The molecule has 1 atom stereocenters. The molecule has 2 N–H and O–H groups in total. The summed E-state index contributed by atoms with van der Waals surface area (Å²) < 4.78 is 0. The number of nitrogens with one attached hydrogen (secondary N) is 2. The number of rotatable bonds is 6. The highest BCUT2D eigenvalue weighted by molar-refractivity contribution is 6.39. The van der Waals surface area contributed by atoms with Gasteiger partial charge in [-0.1, -0.05) is 42.0 Å². The largest absolute Gasteiger partial charge is 0.346 e. The molecule has 0 radical (unpaired) electrons. The number of aryl methyl sites for hydroxylation is 1. The molecule has 142 valence electrons. The van der Waals surface area contributed by atoms with Crippen molar-refractivity contribution in [1.29, 1.82) is 0 Å². The summed E-state index contributed by atoms with van der Waals surface area (Å²) in [5.41, 5.74) is 1.84. The third kappa shape index (κ3) is 5.35. The molecule has 2 aromatic rings. The smallest absolute Gasteiger partial charge is 0.313 e. The second kappa shape index (κ2) is 8.91. The molecular formula is C19H22N4O4. The Kier molecular flexibility index (Phi) is 6.62. The zero-order valence-corrected chi connectivity index (χ0v) is 15.4. The van der Waals surface area contributed by atoms with Gasteiger partial charge in [-0.3, -0.25) is 19.7 Å². The SMILES string of the molecule is Cc1ccc([C@@H](CNC(=O)C(=O)Nc2ccccc2[N+](=O)[O-])N(C)C)cc1. The zero-order chi connectivity index (χ0) is 20.0. The van der Waals surface area contributed by atoms with Crippen LogP contribution in [0.2, 0.25) is 0 Å². The van der Waals surface area contributed by atoms with Gasteiger partial charge in [0.25, 0.3) is 5.69 Å². The second-order valence-electron chi connectivity index (χ2n) is 6.33. The summed E-state index contributed by atoms with van der Waals surface area (Å²) in [6.07, 6.45) is 0. The summed E-state index contributed by atoms with van der Waals surface area (Å²) in [4.78, 5) is 36.5. The molecule has 0 saturated heterocycles. The first-order chi connectivity index (χ1) is 12.8. The van der Waals surface area contributed by atoms with Gasteiger partial charge in [0.2, 0.25) is 0 Å². The highest BCUT2D eigenvalue weighted by Gasteiger charge is 2.21. The molecule has 0 aromatic heterocycles. The standard InChI is InChI=1S/C19H22N4O4/c1-13-8-10-14(11-9-13)17(22(2)3)12-20-18(24)19(25)21-15-6-4-5-7-16(15)23(26)27/h4-11,17H,12H2,1-3H3,(H,20,24)(H,21,25)/t17-/m1/s1. The Labute approximate surface area is 157 Å². The maximum Gasteiger partial charge on any atom is 0.313 e. The molecule has 8 nitrogen and oxygen atoms in total. The minimum absolute atomic E-state index is 0.0228. The van der Waals surface area contributed by atoms with Gasteiger partial charge < -0.3 is 15.5 Å². The van der Waals surface area contributed by atoms with E-state index < -0.39 is 16.7 Å². The molecule has 0 aliphatic carbocycles. The van der Waals surface area contributed by atoms with Gasteiger partial charge >= 0.3 is 11.8 Å². The van der Waals surface area contributed by atoms with Crippen LogP contribution in [0.1, 0.15) is 17.2 Å². The molecule has 0 bridgehead atoms. The lowest BCUT2D eigenvalue weighted by Gasteiger charge is -2.25. The lowest BCUT2D eigenvalue weighted by Crippen LogP contribution is -2.40. The number of para-hydroxylation sites is 2. The van der Waals surface area contributed by atoms with E-state index in [-0.39, 0.29) is 24.0 Å². The monoisotopic (exact) mass is 370 g/mol. The zero-order valence-electron chi connectivity index (χ0n) is 15.4. The van der Waals surface area contributed by atoms with Gasteiger partial charge in [-0.25, -0.2) is 0 Å². The Bertz CT molecular complexity index is 834. The number of benzene rings is 2. The van der Waals surface area contributed by atoms with Crippen molar-refractivity contribution < 1.29 is 14.5 Å². The summed E-state index contributed by atoms with van der Waals surface area (Å²) in [5, 5.41) is 15.9. The van der Waals surface area contributed by atoms with Crippen LogP contribution in [0.3, 0.4) is 0 Å². The minimum atomic E-state index is -0.953. The number of nitro benzene ring substituents is 1. The van der Waals surface area contributed by atoms with E-state index in [4.69, 9.17) is 0 Å². The number of carbonyl (C=O) groups is 2. The Hall–Kier alpha value is -3.26. The van der Waals surface area contributed by atoms with Crippen molar-refractivity contribution in [1.82, 2.24) is 10.2 Å². The van der Waals surface area contributed by atoms with E-state index in [1.807, 2.05) is 50.2 Å². The summed E-state index contributed by atoms with van der Waals surface area (Å²) >= 11 is 0. The van der Waals surface area contributed by atoms with Gasteiger partial charge in [-0.2, -0.15) is 0 Å². The fraction of sp³-hybridized carbons (Fsp3) is 0.263. The van der Waals surface area contributed by atoms with E-state index in [0.717, 1.165) is 11.1 Å². The molecule has 0 spiro atoms. The Morgan fingerprint density at radius 3 is 2.30 bits per heavy atom. The van der Waals surface area contributed by atoms with Crippen molar-refractivity contribution in [2.75, 3.05) is 26.0 Å². The average Bonchev–Trinajstić information content (AvgIpc) is 2.63. The van der Waals surface area contributed by atoms with Gasteiger partial charge in [0.1, 0.15) is 5.69 Å². The molecule has 0 unspecified atom stereocenters. The normalized spacial score (nSPS) is 11.7. The molecule has 0 saturated carbocycles. The molecule has 0 aliphatic rings. The average molecular weight is 370 g/mol. The highest BCUT2D eigenvalue weighted by atomic mass is 16.6. The lowest BCUT2D eigenvalue weighted by molar-refractivity contribution is -0.383.